The highest BCUT2D eigenvalue weighted by Crippen LogP contribution is 2.31. The summed E-state index contributed by atoms with van der Waals surface area (Å²) in [5, 5.41) is 14.8. The lowest BCUT2D eigenvalue weighted by atomic mass is 10.4. The second kappa shape index (κ2) is 3.93. The molecule has 0 aromatic carbocycles. The van der Waals surface area contributed by atoms with Crippen molar-refractivity contribution in [1.29, 1.82) is 0 Å². The zero-order chi connectivity index (χ0) is 12.6. The van der Waals surface area contributed by atoms with Gasteiger partial charge < -0.3 is 14.9 Å². The van der Waals surface area contributed by atoms with Crippen molar-refractivity contribution < 1.29 is 18.1 Å². The number of hydrogen-bond acceptors (Lipinski definition) is 6. The Labute approximate surface area is 96.6 Å². The smallest absolute Gasteiger partial charge is 0.365 e. The molecule has 1 aliphatic carbocycles. The Bertz CT molecular complexity index is 567. The number of aromatic nitrogens is 1. The molecule has 0 unspecified atom stereocenters. The first-order valence-electron chi connectivity index (χ1n) is 4.73. The Balaban J connectivity index is 2.47. The van der Waals surface area contributed by atoms with Crippen molar-refractivity contribution in [1.82, 2.24) is 4.98 Å². The van der Waals surface area contributed by atoms with E-state index in [4.69, 9.17) is 9.88 Å². The van der Waals surface area contributed by atoms with E-state index in [0.717, 1.165) is 18.9 Å². The highest BCUT2D eigenvalue weighted by atomic mass is 32.2. The molecular weight excluding hydrogens is 250 g/mol. The number of sulfonamides is 1. The van der Waals surface area contributed by atoms with Gasteiger partial charge in [0, 0.05) is 6.07 Å². The van der Waals surface area contributed by atoms with Crippen molar-refractivity contribution in [3.05, 3.63) is 22.2 Å². The molecule has 0 saturated heterocycles. The van der Waals surface area contributed by atoms with Crippen molar-refractivity contribution in [3.8, 4) is 5.75 Å². The van der Waals surface area contributed by atoms with Crippen LogP contribution in [0.5, 0.6) is 5.75 Å². The van der Waals surface area contributed by atoms with Gasteiger partial charge in [0.15, 0.2) is 5.75 Å². The SMILES string of the molecule is NS(=O)(=O)c1nc([N+](=O)[O-])ccc1OC1CC1. The number of hydrogen-bond donors (Lipinski definition) is 1. The summed E-state index contributed by atoms with van der Waals surface area (Å²) in [7, 11) is -4.15. The summed E-state index contributed by atoms with van der Waals surface area (Å²) in [6, 6.07) is 2.27. The van der Waals surface area contributed by atoms with Crippen LogP contribution in [0.25, 0.3) is 0 Å². The largest absolute Gasteiger partial charge is 0.485 e. The van der Waals surface area contributed by atoms with E-state index in [9.17, 15) is 18.5 Å². The molecule has 2 rings (SSSR count). The van der Waals surface area contributed by atoms with Crippen molar-refractivity contribution in [3.63, 3.8) is 0 Å². The molecule has 92 valence electrons. The first-order chi connectivity index (χ1) is 7.88. The molecule has 1 fully saturated rings. The highest BCUT2D eigenvalue weighted by molar-refractivity contribution is 7.89. The predicted octanol–water partition coefficient (Wildman–Crippen LogP) is 0.178. The molecule has 0 radical (unpaired) electrons. The van der Waals surface area contributed by atoms with Crippen molar-refractivity contribution in [2.75, 3.05) is 0 Å². The van der Waals surface area contributed by atoms with Crippen LogP contribution in [-0.2, 0) is 10.0 Å². The molecule has 17 heavy (non-hydrogen) atoms. The van der Waals surface area contributed by atoms with Crippen molar-refractivity contribution in [2.24, 2.45) is 5.14 Å². The first kappa shape index (κ1) is 11.7. The van der Waals surface area contributed by atoms with Gasteiger partial charge in [-0.05, 0) is 28.8 Å². The maximum absolute atomic E-state index is 11.2. The summed E-state index contributed by atoms with van der Waals surface area (Å²) in [5.74, 6) is -0.627. The molecule has 0 spiro atoms. The number of nitrogens with zero attached hydrogens (tertiary/aromatic N) is 2. The van der Waals surface area contributed by atoms with E-state index in [1.54, 1.807) is 0 Å². The first-order valence-corrected chi connectivity index (χ1v) is 6.27. The highest BCUT2D eigenvalue weighted by Gasteiger charge is 2.31. The van der Waals surface area contributed by atoms with Crippen LogP contribution in [-0.4, -0.2) is 24.4 Å². The lowest BCUT2D eigenvalue weighted by molar-refractivity contribution is -0.390. The third kappa shape index (κ3) is 2.68. The minimum absolute atomic E-state index is 0.0411. The monoisotopic (exact) mass is 259 g/mol. The lowest BCUT2D eigenvalue weighted by Crippen LogP contribution is -2.16. The van der Waals surface area contributed by atoms with E-state index in [0.29, 0.717) is 0 Å². The number of primary sulfonamides is 1. The third-order valence-electron chi connectivity index (χ3n) is 2.09. The second-order valence-corrected chi connectivity index (χ2v) is 5.07. The van der Waals surface area contributed by atoms with Crippen LogP contribution in [0.4, 0.5) is 5.82 Å². The molecule has 1 aliphatic rings. The normalized spacial score (nSPS) is 15.6. The van der Waals surface area contributed by atoms with E-state index >= 15 is 0 Å². The van der Waals surface area contributed by atoms with Gasteiger partial charge in [-0.1, -0.05) is 0 Å². The van der Waals surface area contributed by atoms with Crippen LogP contribution >= 0.6 is 0 Å². The summed E-state index contributed by atoms with van der Waals surface area (Å²) in [6.07, 6.45) is 1.58. The van der Waals surface area contributed by atoms with Gasteiger partial charge in [0.1, 0.15) is 0 Å². The topological polar surface area (TPSA) is 125 Å². The molecule has 1 saturated carbocycles. The van der Waals surface area contributed by atoms with Crippen LogP contribution in [0.15, 0.2) is 17.2 Å². The van der Waals surface area contributed by atoms with Gasteiger partial charge in [-0.15, -0.1) is 0 Å². The van der Waals surface area contributed by atoms with Crippen LogP contribution < -0.4 is 9.88 Å². The van der Waals surface area contributed by atoms with Gasteiger partial charge >= 0.3 is 10.8 Å². The molecule has 1 aromatic rings. The Kier molecular flexibility index (Phi) is 2.71. The fourth-order valence-corrected chi connectivity index (χ4v) is 1.80. The number of nitrogens with two attached hydrogens (primary N) is 1. The molecule has 0 aliphatic heterocycles. The average Bonchev–Trinajstić information content (AvgIpc) is 3.00. The summed E-state index contributed by atoms with van der Waals surface area (Å²) < 4.78 is 27.8. The number of ether oxygens (including phenoxy) is 1. The minimum atomic E-state index is -4.15. The van der Waals surface area contributed by atoms with Crippen LogP contribution in [0, 0.1) is 10.1 Å². The molecule has 8 nitrogen and oxygen atoms in total. The van der Waals surface area contributed by atoms with E-state index in [1.165, 1.54) is 6.07 Å². The van der Waals surface area contributed by atoms with Crippen LogP contribution in [0.2, 0.25) is 0 Å². The predicted molar refractivity (Wildman–Crippen MR) is 55.9 cm³/mol. The Morgan fingerprint density at radius 3 is 2.59 bits per heavy atom. The molecule has 2 N–H and O–H groups in total. The van der Waals surface area contributed by atoms with Crippen LogP contribution in [0.1, 0.15) is 12.8 Å². The molecule has 9 heteroatoms. The fraction of sp³-hybridized carbons (Fsp3) is 0.375. The van der Waals surface area contributed by atoms with Gasteiger partial charge in [0.25, 0.3) is 10.0 Å². The minimum Gasteiger partial charge on any atom is -0.485 e. The molecule has 1 heterocycles. The van der Waals surface area contributed by atoms with Crippen molar-refractivity contribution >= 4 is 15.8 Å². The van der Waals surface area contributed by atoms with E-state index in [-0.39, 0.29) is 11.9 Å². The summed E-state index contributed by atoms with van der Waals surface area (Å²) >= 11 is 0. The summed E-state index contributed by atoms with van der Waals surface area (Å²) in [4.78, 5) is 13.1. The second-order valence-electron chi connectivity index (χ2n) is 3.59. The van der Waals surface area contributed by atoms with E-state index in [1.807, 2.05) is 0 Å². The molecule has 1 aromatic heterocycles. The quantitative estimate of drug-likeness (QED) is 0.607. The summed E-state index contributed by atoms with van der Waals surface area (Å²) in [6.45, 7) is 0. The Morgan fingerprint density at radius 1 is 1.47 bits per heavy atom. The van der Waals surface area contributed by atoms with Crippen LogP contribution in [0.3, 0.4) is 0 Å². The van der Waals surface area contributed by atoms with Gasteiger partial charge in [-0.3, -0.25) is 0 Å². The zero-order valence-electron chi connectivity index (χ0n) is 8.57. The molecular formula is C8H9N3O5S. The fourth-order valence-electron chi connectivity index (χ4n) is 1.18. The molecule has 0 amide bonds. The maximum Gasteiger partial charge on any atom is 0.365 e. The Morgan fingerprint density at radius 2 is 2.12 bits per heavy atom. The van der Waals surface area contributed by atoms with Gasteiger partial charge in [0.2, 0.25) is 0 Å². The van der Waals surface area contributed by atoms with E-state index in [2.05, 4.69) is 4.98 Å². The lowest BCUT2D eigenvalue weighted by Gasteiger charge is -2.05. The van der Waals surface area contributed by atoms with Crippen molar-refractivity contribution in [2.45, 2.75) is 24.0 Å². The number of rotatable bonds is 4. The van der Waals surface area contributed by atoms with Gasteiger partial charge in [-0.2, -0.15) is 0 Å². The zero-order valence-corrected chi connectivity index (χ0v) is 9.38. The average molecular weight is 259 g/mol. The third-order valence-corrected chi connectivity index (χ3v) is 2.92. The summed E-state index contributed by atoms with van der Waals surface area (Å²) in [5.41, 5.74) is 0. The van der Waals surface area contributed by atoms with E-state index < -0.39 is 25.8 Å². The van der Waals surface area contributed by atoms with Gasteiger partial charge in [-0.25, -0.2) is 13.6 Å². The molecule has 0 bridgehead atoms. The van der Waals surface area contributed by atoms with Gasteiger partial charge in [0.05, 0.1) is 6.10 Å². The Hall–Kier alpha value is -1.74. The molecule has 0 atom stereocenters. The number of nitro groups is 1. The standard InChI is InChI=1S/C8H9N3O5S/c9-17(14,15)8-6(16-5-1-2-5)3-4-7(10-8)11(12)13/h3-5H,1-2H2,(H2,9,14,15). The maximum atomic E-state index is 11.2. The number of pyridine rings is 1.